The van der Waals surface area contributed by atoms with Crippen molar-refractivity contribution in [3.05, 3.63) is 27.9 Å². The van der Waals surface area contributed by atoms with Gasteiger partial charge in [0, 0.05) is 17.3 Å². The van der Waals surface area contributed by atoms with E-state index in [9.17, 15) is 4.79 Å². The van der Waals surface area contributed by atoms with Crippen LogP contribution in [0.1, 0.15) is 18.9 Å². The lowest BCUT2D eigenvalue weighted by Gasteiger charge is -2.21. The number of thiazole rings is 1. The van der Waals surface area contributed by atoms with Gasteiger partial charge in [0.25, 0.3) is 0 Å². The zero-order valence-corrected chi connectivity index (χ0v) is 11.5. The van der Waals surface area contributed by atoms with Crippen molar-refractivity contribution in [3.8, 4) is 0 Å². The van der Waals surface area contributed by atoms with Crippen LogP contribution in [0.3, 0.4) is 0 Å². The standard InChI is InChI=1S/C11H12ClN3O2S/c1-3-17-11(16)7-6(2)14-9(15-8(7)12)10-13-4-5-18-10/h4-5,8H,3H2,1-2H3,(H,14,15). The SMILES string of the molecule is CCOC(=O)C1=C(C)NC(c2nccs2)=NC1Cl. The number of amidine groups is 1. The first kappa shape index (κ1) is 13.0. The van der Waals surface area contributed by atoms with Crippen LogP contribution in [0.5, 0.6) is 0 Å². The Labute approximate surface area is 114 Å². The monoisotopic (exact) mass is 285 g/mol. The molecule has 0 aliphatic carbocycles. The number of halogens is 1. The summed E-state index contributed by atoms with van der Waals surface area (Å²) in [6.07, 6.45) is 1.69. The van der Waals surface area contributed by atoms with Gasteiger partial charge in [0.15, 0.2) is 16.3 Å². The second-order valence-electron chi connectivity index (χ2n) is 3.53. The molecule has 0 aromatic carbocycles. The summed E-state index contributed by atoms with van der Waals surface area (Å²) >= 11 is 7.56. The molecule has 1 aromatic rings. The lowest BCUT2D eigenvalue weighted by molar-refractivity contribution is -0.138. The van der Waals surface area contributed by atoms with E-state index >= 15 is 0 Å². The van der Waals surface area contributed by atoms with E-state index in [0.29, 0.717) is 23.7 Å². The molecular formula is C11H12ClN3O2S. The number of aromatic nitrogens is 1. The predicted octanol–water partition coefficient (Wildman–Crippen LogP) is 1.89. The highest BCUT2D eigenvalue weighted by Gasteiger charge is 2.28. The zero-order chi connectivity index (χ0) is 13.1. The lowest BCUT2D eigenvalue weighted by atomic mass is 10.2. The largest absolute Gasteiger partial charge is 0.462 e. The minimum absolute atomic E-state index is 0.308. The average molecular weight is 286 g/mol. The fourth-order valence-electron chi connectivity index (χ4n) is 1.54. The molecule has 1 atom stereocenters. The number of hydrogen-bond donors (Lipinski definition) is 1. The van der Waals surface area contributed by atoms with Crippen molar-refractivity contribution >= 4 is 34.7 Å². The third-order valence-electron chi connectivity index (χ3n) is 2.32. The highest BCUT2D eigenvalue weighted by molar-refractivity contribution is 7.11. The van der Waals surface area contributed by atoms with E-state index in [0.717, 1.165) is 5.01 Å². The molecule has 7 heteroatoms. The van der Waals surface area contributed by atoms with Crippen LogP contribution in [0.2, 0.25) is 0 Å². The highest BCUT2D eigenvalue weighted by atomic mass is 35.5. The molecule has 0 spiro atoms. The van der Waals surface area contributed by atoms with Crippen LogP contribution in [-0.4, -0.2) is 28.9 Å². The van der Waals surface area contributed by atoms with Crippen molar-refractivity contribution in [2.45, 2.75) is 19.3 Å². The number of carbonyl (C=O) groups excluding carboxylic acids is 1. The highest BCUT2D eigenvalue weighted by Crippen LogP contribution is 2.22. The summed E-state index contributed by atoms with van der Waals surface area (Å²) < 4.78 is 4.94. The van der Waals surface area contributed by atoms with E-state index in [1.807, 2.05) is 5.38 Å². The molecule has 1 aromatic heterocycles. The molecule has 96 valence electrons. The minimum Gasteiger partial charge on any atom is -0.462 e. The second kappa shape index (κ2) is 5.49. The number of alkyl halides is 1. The van der Waals surface area contributed by atoms with Gasteiger partial charge in [0.2, 0.25) is 0 Å². The minimum atomic E-state index is -0.746. The molecule has 1 aliphatic rings. The van der Waals surface area contributed by atoms with Gasteiger partial charge in [-0.05, 0) is 13.8 Å². The number of rotatable bonds is 3. The van der Waals surface area contributed by atoms with Crippen LogP contribution < -0.4 is 5.32 Å². The van der Waals surface area contributed by atoms with Crippen molar-refractivity contribution in [2.24, 2.45) is 4.99 Å². The molecule has 0 radical (unpaired) electrons. The maximum atomic E-state index is 11.7. The summed E-state index contributed by atoms with van der Waals surface area (Å²) in [6, 6.07) is 0. The first-order valence-electron chi connectivity index (χ1n) is 5.40. The smallest absolute Gasteiger partial charge is 0.339 e. The van der Waals surface area contributed by atoms with Gasteiger partial charge in [0.1, 0.15) is 0 Å². The third kappa shape index (κ3) is 2.54. The Bertz CT molecular complexity index is 510. The predicted molar refractivity (Wildman–Crippen MR) is 70.8 cm³/mol. The molecule has 1 N–H and O–H groups in total. The van der Waals surface area contributed by atoms with Gasteiger partial charge >= 0.3 is 5.97 Å². The molecule has 2 rings (SSSR count). The van der Waals surface area contributed by atoms with Crippen LogP contribution in [0, 0.1) is 0 Å². The summed E-state index contributed by atoms with van der Waals surface area (Å²) in [5.74, 6) is 0.139. The normalized spacial score (nSPS) is 19.3. The molecular weight excluding hydrogens is 274 g/mol. The first-order chi connectivity index (χ1) is 8.63. The van der Waals surface area contributed by atoms with E-state index in [1.165, 1.54) is 11.3 Å². The summed E-state index contributed by atoms with van der Waals surface area (Å²) in [7, 11) is 0. The average Bonchev–Trinajstić information content (AvgIpc) is 2.81. The molecule has 5 nitrogen and oxygen atoms in total. The Morgan fingerprint density at radius 3 is 3.00 bits per heavy atom. The van der Waals surface area contributed by atoms with Crippen LogP contribution in [0.25, 0.3) is 0 Å². The van der Waals surface area contributed by atoms with E-state index < -0.39 is 11.5 Å². The number of ether oxygens (including phenoxy) is 1. The number of aliphatic imine (C=N–C) groups is 1. The van der Waals surface area contributed by atoms with Gasteiger partial charge in [-0.2, -0.15) is 0 Å². The quantitative estimate of drug-likeness (QED) is 0.523. The molecule has 0 saturated heterocycles. The number of hydrogen-bond acceptors (Lipinski definition) is 6. The fraction of sp³-hybridized carbons (Fsp3) is 0.364. The van der Waals surface area contributed by atoms with E-state index in [2.05, 4.69) is 15.3 Å². The van der Waals surface area contributed by atoms with Crippen LogP contribution >= 0.6 is 22.9 Å². The summed E-state index contributed by atoms with van der Waals surface area (Å²) in [5.41, 5.74) is 0.247. The summed E-state index contributed by atoms with van der Waals surface area (Å²) in [6.45, 7) is 3.82. The van der Waals surface area contributed by atoms with Crippen molar-refractivity contribution in [1.29, 1.82) is 0 Å². The Morgan fingerprint density at radius 2 is 2.44 bits per heavy atom. The molecule has 0 fully saturated rings. The summed E-state index contributed by atoms with van der Waals surface area (Å²) in [4.78, 5) is 20.1. The van der Waals surface area contributed by atoms with Gasteiger partial charge in [0.05, 0.1) is 12.2 Å². The molecule has 2 heterocycles. The Hall–Kier alpha value is -1.40. The van der Waals surface area contributed by atoms with Gasteiger partial charge in [-0.1, -0.05) is 11.6 Å². The third-order valence-corrected chi connectivity index (χ3v) is 3.42. The van der Waals surface area contributed by atoms with Gasteiger partial charge in [-0.25, -0.2) is 14.8 Å². The number of nitrogens with zero attached hydrogens (tertiary/aromatic N) is 2. The molecule has 0 bridgehead atoms. The first-order valence-corrected chi connectivity index (χ1v) is 6.71. The van der Waals surface area contributed by atoms with Crippen LogP contribution in [0.4, 0.5) is 0 Å². The van der Waals surface area contributed by atoms with E-state index in [-0.39, 0.29) is 0 Å². The van der Waals surface area contributed by atoms with Crippen LogP contribution in [0.15, 0.2) is 27.8 Å². The maximum absolute atomic E-state index is 11.7. The van der Waals surface area contributed by atoms with Crippen LogP contribution in [-0.2, 0) is 9.53 Å². The Morgan fingerprint density at radius 1 is 1.67 bits per heavy atom. The maximum Gasteiger partial charge on any atom is 0.339 e. The van der Waals surface area contributed by atoms with Crippen molar-refractivity contribution in [3.63, 3.8) is 0 Å². The molecule has 1 aliphatic heterocycles. The Balaban J connectivity index is 2.23. The van der Waals surface area contributed by atoms with Gasteiger partial charge in [-0.15, -0.1) is 11.3 Å². The van der Waals surface area contributed by atoms with E-state index in [4.69, 9.17) is 16.3 Å². The fourth-order valence-corrected chi connectivity index (χ4v) is 2.48. The second-order valence-corrected chi connectivity index (χ2v) is 4.84. The topological polar surface area (TPSA) is 63.6 Å². The molecule has 0 saturated carbocycles. The van der Waals surface area contributed by atoms with Crippen molar-refractivity contribution < 1.29 is 9.53 Å². The zero-order valence-electron chi connectivity index (χ0n) is 9.94. The van der Waals surface area contributed by atoms with Gasteiger partial charge in [-0.3, -0.25) is 0 Å². The molecule has 0 amide bonds. The lowest BCUT2D eigenvalue weighted by Crippen LogP contribution is -2.33. The van der Waals surface area contributed by atoms with Gasteiger partial charge < -0.3 is 10.1 Å². The van der Waals surface area contributed by atoms with E-state index in [1.54, 1.807) is 20.0 Å². The number of nitrogens with one attached hydrogen (secondary N) is 1. The Kier molecular flexibility index (Phi) is 3.98. The van der Waals surface area contributed by atoms with Crippen molar-refractivity contribution in [1.82, 2.24) is 10.3 Å². The number of allylic oxidation sites excluding steroid dienone is 1. The number of carbonyl (C=O) groups is 1. The number of esters is 1. The summed E-state index contributed by atoms with van der Waals surface area (Å²) in [5, 5.41) is 5.62. The molecule has 1 unspecified atom stereocenters. The van der Waals surface area contributed by atoms with Crippen molar-refractivity contribution in [2.75, 3.05) is 6.61 Å². The molecule has 18 heavy (non-hydrogen) atoms.